The Hall–Kier alpha value is -0.760. The first-order valence-electron chi connectivity index (χ1n) is 6.86. The van der Waals surface area contributed by atoms with Crippen molar-refractivity contribution in [1.82, 2.24) is 9.97 Å². The summed E-state index contributed by atoms with van der Waals surface area (Å²) in [5.41, 5.74) is 1.77. The Balaban J connectivity index is 2.12. The summed E-state index contributed by atoms with van der Waals surface area (Å²) < 4.78 is 15.4. The Labute approximate surface area is 145 Å². The molecule has 0 bridgehead atoms. The molecule has 0 radical (unpaired) electrons. The summed E-state index contributed by atoms with van der Waals surface area (Å²) >= 11 is 5.62. The van der Waals surface area contributed by atoms with E-state index in [2.05, 4.69) is 53.8 Å². The average Bonchev–Trinajstić information content (AvgIpc) is 3.24. The molecule has 1 aromatic carbocycles. The average molecular weight is 462 g/mol. The van der Waals surface area contributed by atoms with Crippen molar-refractivity contribution in [3.05, 3.63) is 37.8 Å². The summed E-state index contributed by atoms with van der Waals surface area (Å²) in [5, 5.41) is 3.27. The van der Waals surface area contributed by atoms with Gasteiger partial charge in [-0.1, -0.05) is 15.9 Å². The van der Waals surface area contributed by atoms with Crippen molar-refractivity contribution in [1.29, 1.82) is 0 Å². The largest absolute Gasteiger partial charge is 0.369 e. The second kappa shape index (κ2) is 6.16. The zero-order valence-electron chi connectivity index (χ0n) is 11.5. The Bertz CT molecular complexity index is 669. The molecule has 3 rings (SSSR count). The maximum atomic E-state index is 13.6. The molecule has 0 amide bonds. The first-order chi connectivity index (χ1) is 10.1. The van der Waals surface area contributed by atoms with E-state index in [1.165, 1.54) is 25.0 Å². The molecule has 1 fully saturated rings. The van der Waals surface area contributed by atoms with Gasteiger partial charge in [-0.15, -0.1) is 0 Å². The molecule has 0 aliphatic heterocycles. The predicted octanol–water partition coefficient (Wildman–Crippen LogP) is 4.96. The van der Waals surface area contributed by atoms with Crippen LogP contribution in [-0.4, -0.2) is 16.5 Å². The van der Waals surface area contributed by atoms with Crippen LogP contribution in [0.2, 0.25) is 0 Å². The molecule has 3 nitrogen and oxygen atoms in total. The molecule has 0 unspecified atom stereocenters. The van der Waals surface area contributed by atoms with Crippen LogP contribution in [0.15, 0.2) is 22.7 Å². The standard InChI is InChI=1S/C15H14BrFIN3/c1-2-19-15-12(18)13(8-3-4-8)20-14(21-15)9-5-10(16)7-11(17)6-9/h5-8H,2-4H2,1H3,(H,19,20,21). The first-order valence-corrected chi connectivity index (χ1v) is 8.73. The van der Waals surface area contributed by atoms with E-state index in [-0.39, 0.29) is 5.82 Å². The zero-order chi connectivity index (χ0) is 15.0. The second-order valence-corrected chi connectivity index (χ2v) is 7.05. The van der Waals surface area contributed by atoms with Crippen LogP contribution in [0.5, 0.6) is 0 Å². The molecule has 6 heteroatoms. The third-order valence-electron chi connectivity index (χ3n) is 3.31. The van der Waals surface area contributed by atoms with Crippen molar-refractivity contribution in [2.75, 3.05) is 11.9 Å². The van der Waals surface area contributed by atoms with E-state index in [4.69, 9.17) is 0 Å². The van der Waals surface area contributed by atoms with Gasteiger partial charge in [0.05, 0.1) is 9.26 Å². The number of anilines is 1. The van der Waals surface area contributed by atoms with Crippen LogP contribution >= 0.6 is 38.5 Å². The van der Waals surface area contributed by atoms with E-state index in [0.29, 0.717) is 21.8 Å². The minimum Gasteiger partial charge on any atom is -0.369 e. The molecule has 1 aromatic heterocycles. The third-order valence-corrected chi connectivity index (χ3v) is 4.83. The monoisotopic (exact) mass is 461 g/mol. The molecule has 21 heavy (non-hydrogen) atoms. The summed E-state index contributed by atoms with van der Waals surface area (Å²) in [5.74, 6) is 1.64. The van der Waals surface area contributed by atoms with Gasteiger partial charge in [0.2, 0.25) is 0 Å². The summed E-state index contributed by atoms with van der Waals surface area (Å²) in [6, 6.07) is 4.75. The van der Waals surface area contributed by atoms with Gasteiger partial charge in [0.15, 0.2) is 5.82 Å². The number of nitrogens with zero attached hydrogens (tertiary/aromatic N) is 2. The smallest absolute Gasteiger partial charge is 0.161 e. The molecule has 110 valence electrons. The quantitative estimate of drug-likeness (QED) is 0.654. The first kappa shape index (κ1) is 15.1. The number of rotatable bonds is 4. The summed E-state index contributed by atoms with van der Waals surface area (Å²) in [4.78, 5) is 9.25. The molecular weight excluding hydrogens is 448 g/mol. The van der Waals surface area contributed by atoms with Crippen molar-refractivity contribution in [3.8, 4) is 11.4 Å². The van der Waals surface area contributed by atoms with Crippen LogP contribution in [0.4, 0.5) is 10.2 Å². The Morgan fingerprint density at radius 3 is 2.71 bits per heavy atom. The van der Waals surface area contributed by atoms with Gasteiger partial charge in [0.1, 0.15) is 11.6 Å². The van der Waals surface area contributed by atoms with Gasteiger partial charge < -0.3 is 5.32 Å². The van der Waals surface area contributed by atoms with Crippen LogP contribution in [-0.2, 0) is 0 Å². The highest BCUT2D eigenvalue weighted by Crippen LogP contribution is 2.43. The third kappa shape index (κ3) is 3.36. The normalized spacial score (nSPS) is 14.3. The van der Waals surface area contributed by atoms with Crippen molar-refractivity contribution >= 4 is 44.3 Å². The fourth-order valence-electron chi connectivity index (χ4n) is 2.19. The number of aromatic nitrogens is 2. The van der Waals surface area contributed by atoms with Gasteiger partial charge in [-0.05, 0) is 60.6 Å². The number of hydrogen-bond acceptors (Lipinski definition) is 3. The molecule has 1 N–H and O–H groups in total. The molecule has 0 spiro atoms. The molecule has 2 aromatic rings. The van der Waals surface area contributed by atoms with Crippen molar-refractivity contribution < 1.29 is 4.39 Å². The number of halogens is 3. The SMILES string of the molecule is CCNc1nc(-c2cc(F)cc(Br)c2)nc(C2CC2)c1I. The highest BCUT2D eigenvalue weighted by Gasteiger charge is 2.29. The fraction of sp³-hybridized carbons (Fsp3) is 0.333. The minimum absolute atomic E-state index is 0.292. The van der Waals surface area contributed by atoms with Crippen LogP contribution in [0, 0.1) is 9.39 Å². The van der Waals surface area contributed by atoms with Crippen LogP contribution in [0.25, 0.3) is 11.4 Å². The van der Waals surface area contributed by atoms with Gasteiger partial charge in [0, 0.05) is 22.5 Å². The maximum absolute atomic E-state index is 13.6. The van der Waals surface area contributed by atoms with E-state index in [1.54, 1.807) is 0 Å². The molecule has 1 heterocycles. The topological polar surface area (TPSA) is 37.8 Å². The summed E-state index contributed by atoms with van der Waals surface area (Å²) in [6.07, 6.45) is 2.34. The minimum atomic E-state index is -0.292. The van der Waals surface area contributed by atoms with Gasteiger partial charge in [-0.2, -0.15) is 0 Å². The van der Waals surface area contributed by atoms with Crippen molar-refractivity contribution in [2.24, 2.45) is 0 Å². The second-order valence-electron chi connectivity index (χ2n) is 5.06. The van der Waals surface area contributed by atoms with Crippen molar-refractivity contribution in [2.45, 2.75) is 25.7 Å². The number of nitrogens with one attached hydrogen (secondary N) is 1. The number of benzene rings is 1. The van der Waals surface area contributed by atoms with Crippen LogP contribution < -0.4 is 5.32 Å². The lowest BCUT2D eigenvalue weighted by atomic mass is 10.2. The molecule has 1 saturated carbocycles. The van der Waals surface area contributed by atoms with Crippen LogP contribution in [0.3, 0.4) is 0 Å². The molecular formula is C15H14BrFIN3. The zero-order valence-corrected chi connectivity index (χ0v) is 15.2. The summed E-state index contributed by atoms with van der Waals surface area (Å²) in [6.45, 7) is 2.83. The maximum Gasteiger partial charge on any atom is 0.161 e. The molecule has 1 aliphatic rings. The lowest BCUT2D eigenvalue weighted by Crippen LogP contribution is -2.07. The molecule has 1 aliphatic carbocycles. The Morgan fingerprint density at radius 2 is 2.10 bits per heavy atom. The van der Waals surface area contributed by atoms with Gasteiger partial charge in [-0.25, -0.2) is 14.4 Å². The van der Waals surface area contributed by atoms with E-state index < -0.39 is 0 Å². The highest BCUT2D eigenvalue weighted by atomic mass is 127. The highest BCUT2D eigenvalue weighted by molar-refractivity contribution is 14.1. The van der Waals surface area contributed by atoms with E-state index in [1.807, 2.05) is 13.0 Å². The molecule has 0 atom stereocenters. The van der Waals surface area contributed by atoms with Gasteiger partial charge in [-0.3, -0.25) is 0 Å². The number of hydrogen-bond donors (Lipinski definition) is 1. The van der Waals surface area contributed by atoms with E-state index >= 15 is 0 Å². The predicted molar refractivity (Wildman–Crippen MR) is 94.0 cm³/mol. The fourth-order valence-corrected chi connectivity index (χ4v) is 3.53. The van der Waals surface area contributed by atoms with E-state index in [0.717, 1.165) is 21.6 Å². The van der Waals surface area contributed by atoms with Crippen molar-refractivity contribution in [3.63, 3.8) is 0 Å². The van der Waals surface area contributed by atoms with Gasteiger partial charge in [0.25, 0.3) is 0 Å². The van der Waals surface area contributed by atoms with E-state index in [9.17, 15) is 4.39 Å². The lowest BCUT2D eigenvalue weighted by Gasteiger charge is -2.12. The van der Waals surface area contributed by atoms with Gasteiger partial charge >= 0.3 is 0 Å². The Morgan fingerprint density at radius 1 is 1.33 bits per heavy atom. The Kier molecular flexibility index (Phi) is 4.44. The van der Waals surface area contributed by atoms with Crippen LogP contribution in [0.1, 0.15) is 31.4 Å². The molecule has 0 saturated heterocycles. The summed E-state index contributed by atoms with van der Waals surface area (Å²) in [7, 11) is 0. The lowest BCUT2D eigenvalue weighted by molar-refractivity contribution is 0.627.